The summed E-state index contributed by atoms with van der Waals surface area (Å²) in [6.07, 6.45) is -0.219. The van der Waals surface area contributed by atoms with E-state index in [0.29, 0.717) is 0 Å². The Morgan fingerprint density at radius 2 is 1.14 bits per heavy atom. The molecule has 0 aromatic heterocycles. The second kappa shape index (κ2) is 9.90. The highest BCUT2D eigenvalue weighted by Gasteiger charge is 2.64. The van der Waals surface area contributed by atoms with Crippen LogP contribution >= 0.6 is 0 Å². The molecule has 1 saturated heterocycles. The minimum absolute atomic E-state index is 0.199. The maximum atomic E-state index is 7.45. The fourth-order valence-electron chi connectivity index (χ4n) is 4.64. The molecule has 3 nitrogen and oxygen atoms in total. The van der Waals surface area contributed by atoms with Crippen LogP contribution in [0.5, 0.6) is 0 Å². The highest BCUT2D eigenvalue weighted by atomic mass is 28.3. The van der Waals surface area contributed by atoms with Crippen molar-refractivity contribution in [2.45, 2.75) is 58.8 Å². The van der Waals surface area contributed by atoms with Crippen LogP contribution in [0.15, 0.2) is 97.6 Å². The van der Waals surface area contributed by atoms with Crippen LogP contribution in [0, 0.1) is 5.92 Å². The Morgan fingerprint density at radius 3 is 1.54 bits per heavy atom. The van der Waals surface area contributed by atoms with Crippen molar-refractivity contribution in [3.05, 3.63) is 103 Å². The fraction of sp³-hybridized carbons (Fsp3) is 0.333. The van der Waals surface area contributed by atoms with E-state index in [1.54, 1.807) is 0 Å². The Kier molecular flexibility index (Phi) is 7.26. The van der Waals surface area contributed by atoms with Crippen LogP contribution in [-0.2, 0) is 13.7 Å². The molecule has 1 fully saturated rings. The monoisotopic (exact) mass is 484 g/mol. The molecule has 1 heterocycles. The number of rotatable bonds is 8. The Hall–Kier alpha value is -2.44. The van der Waals surface area contributed by atoms with E-state index in [1.807, 2.05) is 30.3 Å². The van der Waals surface area contributed by atoms with Crippen molar-refractivity contribution in [3.8, 4) is 0 Å². The maximum Gasteiger partial charge on any atom is 0.479 e. The van der Waals surface area contributed by atoms with E-state index in [0.717, 1.165) is 21.5 Å². The lowest BCUT2D eigenvalue weighted by molar-refractivity contribution is 0.00578. The molecule has 1 aliphatic heterocycles. The summed E-state index contributed by atoms with van der Waals surface area (Å²) in [5.74, 6) is 0.199. The fourth-order valence-corrected chi connectivity index (χ4v) is 9.01. The lowest BCUT2D eigenvalue weighted by Crippen LogP contribution is -2.73. The molecule has 1 atom stereocenters. The number of benzene rings is 3. The molecular formula is C30H37BO3Si. The van der Waals surface area contributed by atoms with E-state index in [2.05, 4.69) is 109 Å². The van der Waals surface area contributed by atoms with Crippen LogP contribution in [0.2, 0.25) is 0 Å². The molecule has 5 heteroatoms. The van der Waals surface area contributed by atoms with Crippen molar-refractivity contribution >= 4 is 30.8 Å². The van der Waals surface area contributed by atoms with Gasteiger partial charge in [0.1, 0.15) is 0 Å². The molecule has 3 aromatic carbocycles. The van der Waals surface area contributed by atoms with Gasteiger partial charge in [-0.1, -0.05) is 111 Å². The maximum absolute atomic E-state index is 7.45. The molecule has 3 aromatic rings. The summed E-state index contributed by atoms with van der Waals surface area (Å²) >= 11 is 0. The quantitative estimate of drug-likeness (QED) is 0.386. The number of hydrogen-bond acceptors (Lipinski definition) is 3. The minimum atomic E-state index is -3.12. The normalized spacial score (nSPS) is 18.0. The molecule has 0 saturated carbocycles. The minimum Gasteiger partial charge on any atom is -0.404 e. The first-order chi connectivity index (χ1) is 16.6. The molecule has 1 aliphatic rings. The van der Waals surface area contributed by atoms with Crippen LogP contribution in [0.3, 0.4) is 0 Å². The largest absolute Gasteiger partial charge is 0.479 e. The molecule has 0 bridgehead atoms. The zero-order chi connectivity index (χ0) is 25.3. The third-order valence-electron chi connectivity index (χ3n) is 7.40. The molecule has 1 unspecified atom stereocenters. The van der Waals surface area contributed by atoms with E-state index in [4.69, 9.17) is 13.7 Å². The molecule has 35 heavy (non-hydrogen) atoms. The summed E-state index contributed by atoms with van der Waals surface area (Å²) in [5, 5.41) is 2.24. The van der Waals surface area contributed by atoms with Crippen LogP contribution in [0.25, 0.3) is 5.57 Å². The average Bonchev–Trinajstić information content (AvgIpc) is 3.07. The van der Waals surface area contributed by atoms with E-state index >= 15 is 0 Å². The van der Waals surface area contributed by atoms with E-state index < -0.39 is 26.1 Å². The molecule has 4 rings (SSSR count). The molecule has 0 aliphatic carbocycles. The van der Waals surface area contributed by atoms with Crippen LogP contribution in [0.1, 0.15) is 47.1 Å². The summed E-state index contributed by atoms with van der Waals surface area (Å²) in [6, 6.07) is 31.3. The summed E-state index contributed by atoms with van der Waals surface area (Å²) in [5.41, 5.74) is 1.10. The topological polar surface area (TPSA) is 27.7 Å². The van der Waals surface area contributed by atoms with E-state index in [-0.39, 0.29) is 12.0 Å². The molecule has 0 N–H and O–H groups in total. The van der Waals surface area contributed by atoms with Crippen molar-refractivity contribution in [1.82, 2.24) is 0 Å². The Balaban J connectivity index is 1.92. The standard InChI is InChI=1S/C30H37BO3Si/c1-23(2)28(24(3)25-17-11-8-12-18-25)32-35(26-19-13-9-14-20-26,27-21-15-10-16-22-27)31-33-29(4,5)30(6,7)34-31/h8-23,28H,3H2,1-2,4-7H3. The summed E-state index contributed by atoms with van der Waals surface area (Å²) in [4.78, 5) is 0. The van der Waals surface area contributed by atoms with Crippen molar-refractivity contribution in [1.29, 1.82) is 0 Å². The highest BCUT2D eigenvalue weighted by molar-refractivity contribution is 7.37. The summed E-state index contributed by atoms with van der Waals surface area (Å²) < 4.78 is 21.0. The van der Waals surface area contributed by atoms with E-state index in [1.165, 1.54) is 0 Å². The number of hydrogen-bond donors (Lipinski definition) is 0. The molecule has 0 radical (unpaired) electrons. The van der Waals surface area contributed by atoms with E-state index in [9.17, 15) is 0 Å². The first kappa shape index (κ1) is 25.6. The van der Waals surface area contributed by atoms with Gasteiger partial charge in [0, 0.05) is 0 Å². The molecule has 182 valence electrons. The smallest absolute Gasteiger partial charge is 0.404 e. The first-order valence-corrected chi connectivity index (χ1v) is 14.5. The van der Waals surface area contributed by atoms with Crippen molar-refractivity contribution < 1.29 is 13.7 Å². The van der Waals surface area contributed by atoms with Gasteiger partial charge in [0.2, 0.25) is 0 Å². The molecular weight excluding hydrogens is 447 g/mol. The van der Waals surface area contributed by atoms with Gasteiger partial charge in [-0.2, -0.15) is 0 Å². The van der Waals surface area contributed by atoms with Gasteiger partial charge in [-0.05, 0) is 55.1 Å². The Morgan fingerprint density at radius 1 is 0.743 bits per heavy atom. The Bertz CT molecular complexity index is 1070. The van der Waals surface area contributed by atoms with Gasteiger partial charge in [-0.25, -0.2) is 0 Å². The lowest BCUT2D eigenvalue weighted by Gasteiger charge is -2.39. The van der Waals surface area contributed by atoms with Gasteiger partial charge >= 0.3 is 6.71 Å². The van der Waals surface area contributed by atoms with Crippen molar-refractivity contribution in [3.63, 3.8) is 0 Å². The molecule has 0 spiro atoms. The Labute approximate surface area is 212 Å². The van der Waals surface area contributed by atoms with Gasteiger partial charge in [0.05, 0.1) is 17.3 Å². The predicted molar refractivity (Wildman–Crippen MR) is 149 cm³/mol. The van der Waals surface area contributed by atoms with Crippen molar-refractivity contribution in [2.24, 2.45) is 5.92 Å². The van der Waals surface area contributed by atoms with Gasteiger partial charge in [-0.3, -0.25) is 0 Å². The predicted octanol–water partition coefficient (Wildman–Crippen LogP) is 5.67. The SMILES string of the molecule is C=C(c1ccccc1)C(O[Si](B1OC(C)(C)C(C)(C)O1)(c1ccccc1)c1ccccc1)C(C)C. The summed E-state index contributed by atoms with van der Waals surface area (Å²) in [6.45, 7) is 16.8. The van der Waals surface area contributed by atoms with Gasteiger partial charge in [0.25, 0.3) is 8.19 Å². The van der Waals surface area contributed by atoms with Gasteiger partial charge in [0.15, 0.2) is 0 Å². The van der Waals surface area contributed by atoms with Gasteiger partial charge < -0.3 is 13.7 Å². The average molecular weight is 485 g/mol. The third-order valence-corrected chi connectivity index (χ3v) is 11.3. The molecule has 0 amide bonds. The summed E-state index contributed by atoms with van der Waals surface area (Å²) in [7, 11) is -3.12. The van der Waals surface area contributed by atoms with Crippen LogP contribution in [0.4, 0.5) is 0 Å². The first-order valence-electron chi connectivity index (χ1n) is 12.5. The second-order valence-corrected chi connectivity index (χ2v) is 14.1. The second-order valence-electron chi connectivity index (χ2n) is 10.7. The van der Waals surface area contributed by atoms with Crippen molar-refractivity contribution in [2.75, 3.05) is 0 Å². The van der Waals surface area contributed by atoms with Crippen LogP contribution < -0.4 is 10.4 Å². The lowest BCUT2D eigenvalue weighted by atomic mass is 9.90. The third kappa shape index (κ3) is 4.83. The van der Waals surface area contributed by atoms with Crippen LogP contribution in [-0.4, -0.2) is 32.2 Å². The highest BCUT2D eigenvalue weighted by Crippen LogP contribution is 2.40. The zero-order valence-electron chi connectivity index (χ0n) is 21.8. The zero-order valence-corrected chi connectivity index (χ0v) is 22.8. The van der Waals surface area contributed by atoms with Gasteiger partial charge in [-0.15, -0.1) is 0 Å².